The van der Waals surface area contributed by atoms with Gasteiger partial charge in [0.25, 0.3) is 0 Å². The first kappa shape index (κ1) is 19.4. The third-order valence-electron chi connectivity index (χ3n) is 4.70. The number of hydrogen-bond acceptors (Lipinski definition) is 5. The molecule has 0 amide bonds. The number of sulfonamides is 1. The van der Waals surface area contributed by atoms with Gasteiger partial charge < -0.3 is 9.47 Å². The van der Waals surface area contributed by atoms with Crippen LogP contribution in [-0.4, -0.2) is 34.8 Å². The molecule has 26 heavy (non-hydrogen) atoms. The summed E-state index contributed by atoms with van der Waals surface area (Å²) >= 11 is 1.68. The van der Waals surface area contributed by atoms with Gasteiger partial charge in [-0.05, 0) is 55.0 Å². The first-order valence-corrected chi connectivity index (χ1v) is 11.3. The lowest BCUT2D eigenvalue weighted by atomic mass is 9.79. The summed E-state index contributed by atoms with van der Waals surface area (Å²) in [7, 11) is -3.57. The maximum atomic E-state index is 12.7. The van der Waals surface area contributed by atoms with Gasteiger partial charge in [-0.25, -0.2) is 13.1 Å². The number of rotatable bonds is 8. The Morgan fingerprint density at radius 1 is 1.19 bits per heavy atom. The lowest BCUT2D eigenvalue weighted by molar-refractivity contribution is 0.0529. The average Bonchev–Trinajstić information content (AvgIpc) is 3.21. The minimum Gasteiger partial charge on any atom is -0.494 e. The smallest absolute Gasteiger partial charge is 0.240 e. The summed E-state index contributed by atoms with van der Waals surface area (Å²) < 4.78 is 39.3. The molecule has 1 aliphatic heterocycles. The zero-order valence-electron chi connectivity index (χ0n) is 14.9. The third-order valence-corrected chi connectivity index (χ3v) is 7.23. The number of ether oxygens (including phenoxy) is 2. The highest BCUT2D eigenvalue weighted by Crippen LogP contribution is 2.37. The van der Waals surface area contributed by atoms with Crippen molar-refractivity contribution in [1.29, 1.82) is 0 Å². The van der Waals surface area contributed by atoms with Crippen LogP contribution in [0.5, 0.6) is 5.75 Å². The minimum absolute atomic E-state index is 0.191. The molecule has 0 bridgehead atoms. The Balaban J connectivity index is 1.72. The van der Waals surface area contributed by atoms with Crippen molar-refractivity contribution in [3.05, 3.63) is 46.7 Å². The fourth-order valence-electron chi connectivity index (χ4n) is 3.10. The molecular formula is C19H25NO4S2. The third kappa shape index (κ3) is 4.46. The number of thiophene rings is 1. The monoisotopic (exact) mass is 395 g/mol. The molecule has 0 saturated carbocycles. The summed E-state index contributed by atoms with van der Waals surface area (Å²) in [6.45, 7) is 4.34. The van der Waals surface area contributed by atoms with Crippen LogP contribution in [-0.2, 0) is 20.2 Å². The molecule has 142 valence electrons. The van der Waals surface area contributed by atoms with Crippen LogP contribution in [0.3, 0.4) is 0 Å². The summed E-state index contributed by atoms with van der Waals surface area (Å²) in [5, 5.41) is 2.04. The maximum absolute atomic E-state index is 12.7. The Morgan fingerprint density at radius 2 is 1.92 bits per heavy atom. The Kier molecular flexibility index (Phi) is 6.34. The van der Waals surface area contributed by atoms with Gasteiger partial charge >= 0.3 is 0 Å². The quantitative estimate of drug-likeness (QED) is 0.742. The van der Waals surface area contributed by atoms with Crippen LogP contribution >= 0.6 is 11.3 Å². The topological polar surface area (TPSA) is 64.6 Å². The highest BCUT2D eigenvalue weighted by atomic mass is 32.2. The van der Waals surface area contributed by atoms with Crippen LogP contribution in [0, 0.1) is 0 Å². The zero-order valence-corrected chi connectivity index (χ0v) is 16.6. The van der Waals surface area contributed by atoms with E-state index in [1.165, 1.54) is 4.88 Å². The van der Waals surface area contributed by atoms with Crippen molar-refractivity contribution in [2.75, 3.05) is 26.4 Å². The summed E-state index contributed by atoms with van der Waals surface area (Å²) in [6, 6.07) is 10.7. The van der Waals surface area contributed by atoms with Crippen molar-refractivity contribution in [3.63, 3.8) is 0 Å². The van der Waals surface area contributed by atoms with Crippen LogP contribution in [0.25, 0.3) is 0 Å². The van der Waals surface area contributed by atoms with E-state index >= 15 is 0 Å². The standard InChI is InChI=1S/C19H25NO4S2/c1-2-11-24-16-5-7-17(8-6-16)26(21,22)20-15-19(9-12-23-13-10-19)18-4-3-14-25-18/h3-8,14,20H,2,9-13,15H2,1H3. The molecule has 0 atom stereocenters. The predicted molar refractivity (Wildman–Crippen MR) is 103 cm³/mol. The van der Waals surface area contributed by atoms with Gasteiger partial charge in [-0.2, -0.15) is 0 Å². The molecule has 0 radical (unpaired) electrons. The van der Waals surface area contributed by atoms with Gasteiger partial charge in [-0.1, -0.05) is 13.0 Å². The maximum Gasteiger partial charge on any atom is 0.240 e. The zero-order chi connectivity index (χ0) is 18.5. The molecule has 7 heteroatoms. The van der Waals surface area contributed by atoms with Gasteiger partial charge in [-0.3, -0.25) is 0 Å². The van der Waals surface area contributed by atoms with Gasteiger partial charge in [0.2, 0.25) is 10.0 Å². The minimum atomic E-state index is -3.57. The van der Waals surface area contributed by atoms with E-state index in [2.05, 4.69) is 10.8 Å². The second-order valence-corrected chi connectivity index (χ2v) is 9.23. The lowest BCUT2D eigenvalue weighted by Gasteiger charge is -2.36. The van der Waals surface area contributed by atoms with Crippen molar-refractivity contribution in [3.8, 4) is 5.75 Å². The molecule has 0 unspecified atom stereocenters. The van der Waals surface area contributed by atoms with E-state index in [0.717, 1.165) is 19.3 Å². The summed E-state index contributed by atoms with van der Waals surface area (Å²) in [5.74, 6) is 0.685. The van der Waals surface area contributed by atoms with Gasteiger partial charge in [0.15, 0.2) is 0 Å². The Bertz CT molecular complexity index is 779. The second kappa shape index (κ2) is 8.52. The van der Waals surface area contributed by atoms with E-state index in [0.29, 0.717) is 32.1 Å². The van der Waals surface area contributed by atoms with E-state index in [-0.39, 0.29) is 10.3 Å². The van der Waals surface area contributed by atoms with Gasteiger partial charge in [0, 0.05) is 30.1 Å². The molecular weight excluding hydrogens is 370 g/mol. The molecule has 0 spiro atoms. The first-order chi connectivity index (χ1) is 12.6. The molecule has 2 aromatic rings. The Labute approximate surface area is 159 Å². The number of hydrogen-bond donors (Lipinski definition) is 1. The molecule has 2 heterocycles. The normalized spacial score (nSPS) is 17.1. The highest BCUT2D eigenvalue weighted by molar-refractivity contribution is 7.89. The van der Waals surface area contributed by atoms with Crippen LogP contribution in [0.4, 0.5) is 0 Å². The molecule has 1 fully saturated rings. The Morgan fingerprint density at radius 3 is 2.54 bits per heavy atom. The van der Waals surface area contributed by atoms with Crippen LogP contribution < -0.4 is 9.46 Å². The Hall–Kier alpha value is -1.41. The number of nitrogens with one attached hydrogen (secondary N) is 1. The predicted octanol–water partition coefficient (Wildman–Crippen LogP) is 3.56. The van der Waals surface area contributed by atoms with Crippen LogP contribution in [0.1, 0.15) is 31.1 Å². The highest BCUT2D eigenvalue weighted by Gasteiger charge is 2.36. The fraction of sp³-hybridized carbons (Fsp3) is 0.474. The molecule has 1 aromatic carbocycles. The van der Waals surface area contributed by atoms with E-state index in [1.807, 2.05) is 18.4 Å². The van der Waals surface area contributed by atoms with Crippen molar-refractivity contribution >= 4 is 21.4 Å². The van der Waals surface area contributed by atoms with E-state index in [4.69, 9.17) is 9.47 Å². The molecule has 5 nitrogen and oxygen atoms in total. The average molecular weight is 396 g/mol. The van der Waals surface area contributed by atoms with Gasteiger partial charge in [0.05, 0.1) is 11.5 Å². The van der Waals surface area contributed by atoms with Crippen molar-refractivity contribution in [2.45, 2.75) is 36.5 Å². The fourth-order valence-corrected chi connectivity index (χ4v) is 5.22. The summed E-state index contributed by atoms with van der Waals surface area (Å²) in [5.41, 5.74) is -0.191. The van der Waals surface area contributed by atoms with E-state index < -0.39 is 10.0 Å². The SMILES string of the molecule is CCCOc1ccc(S(=O)(=O)NCC2(c3cccs3)CCOCC2)cc1. The van der Waals surface area contributed by atoms with Crippen molar-refractivity contribution in [1.82, 2.24) is 4.72 Å². The number of benzene rings is 1. The summed E-state index contributed by atoms with van der Waals surface area (Å²) in [4.78, 5) is 1.47. The molecule has 1 aliphatic rings. The van der Waals surface area contributed by atoms with E-state index in [9.17, 15) is 8.42 Å². The molecule has 3 rings (SSSR count). The van der Waals surface area contributed by atoms with Crippen molar-refractivity contribution < 1.29 is 17.9 Å². The van der Waals surface area contributed by atoms with Gasteiger partial charge in [-0.15, -0.1) is 11.3 Å². The molecule has 1 saturated heterocycles. The summed E-state index contributed by atoms with van der Waals surface area (Å²) in [6.07, 6.45) is 2.55. The lowest BCUT2D eigenvalue weighted by Crippen LogP contribution is -2.44. The van der Waals surface area contributed by atoms with Crippen LogP contribution in [0.15, 0.2) is 46.7 Å². The van der Waals surface area contributed by atoms with Crippen LogP contribution in [0.2, 0.25) is 0 Å². The molecule has 1 N–H and O–H groups in total. The second-order valence-electron chi connectivity index (χ2n) is 6.51. The van der Waals surface area contributed by atoms with Crippen molar-refractivity contribution in [2.24, 2.45) is 0 Å². The molecule has 0 aliphatic carbocycles. The first-order valence-electron chi connectivity index (χ1n) is 8.90. The largest absolute Gasteiger partial charge is 0.494 e. The van der Waals surface area contributed by atoms with Gasteiger partial charge in [0.1, 0.15) is 5.75 Å². The van der Waals surface area contributed by atoms with E-state index in [1.54, 1.807) is 35.6 Å². The molecule has 1 aromatic heterocycles.